The van der Waals surface area contributed by atoms with E-state index in [2.05, 4.69) is 5.32 Å². The van der Waals surface area contributed by atoms with Crippen molar-refractivity contribution in [3.05, 3.63) is 41.5 Å². The Morgan fingerprint density at radius 2 is 2.10 bits per heavy atom. The molecule has 0 bridgehead atoms. The lowest BCUT2D eigenvalue weighted by Crippen LogP contribution is -2.24. The molecule has 0 radical (unpaired) electrons. The lowest BCUT2D eigenvalue weighted by molar-refractivity contribution is -0.0941. The van der Waals surface area contributed by atoms with Gasteiger partial charge in [0.15, 0.2) is 6.23 Å². The number of anilines is 1. The van der Waals surface area contributed by atoms with E-state index in [0.29, 0.717) is 23.4 Å². The number of phenols is 1. The summed E-state index contributed by atoms with van der Waals surface area (Å²) in [7, 11) is 0. The van der Waals surface area contributed by atoms with Gasteiger partial charge >= 0.3 is 6.18 Å². The number of phenolic OH excluding ortho intramolecular Hbond substituents is 1. The lowest BCUT2D eigenvalue weighted by Gasteiger charge is -2.20. The molecule has 1 aliphatic heterocycles. The highest BCUT2D eigenvalue weighted by atomic mass is 19.4. The Balaban J connectivity index is 1.83. The summed E-state index contributed by atoms with van der Waals surface area (Å²) in [5.74, 6) is 0.589. The zero-order chi connectivity index (χ0) is 14.3. The summed E-state index contributed by atoms with van der Waals surface area (Å²) in [4.78, 5) is 0. The van der Waals surface area contributed by atoms with Crippen molar-refractivity contribution in [2.24, 2.45) is 0 Å². The largest absolute Gasteiger partial charge is 0.508 e. The fourth-order valence-corrected chi connectivity index (χ4v) is 2.32. The molecule has 0 fully saturated rings. The van der Waals surface area contributed by atoms with Crippen molar-refractivity contribution in [2.75, 3.05) is 5.32 Å². The summed E-state index contributed by atoms with van der Waals surface area (Å²) < 4.78 is 43.7. The van der Waals surface area contributed by atoms with Gasteiger partial charge in [-0.05, 0) is 31.1 Å². The highest BCUT2D eigenvalue weighted by Crippen LogP contribution is 2.39. The van der Waals surface area contributed by atoms with Crippen molar-refractivity contribution >= 4 is 5.69 Å². The maximum absolute atomic E-state index is 12.7. The molecule has 1 atom stereocenters. The number of nitrogens with one attached hydrogen (secondary N) is 1. The quantitative estimate of drug-likeness (QED) is 0.825. The van der Waals surface area contributed by atoms with Crippen molar-refractivity contribution in [1.29, 1.82) is 0 Å². The summed E-state index contributed by atoms with van der Waals surface area (Å²) in [6.07, 6.45) is -1.75. The number of alkyl halides is 3. The highest BCUT2D eigenvalue weighted by Gasteiger charge is 2.35. The number of fused-ring (bicyclic) bond motifs is 1. The molecule has 0 aromatic heterocycles. The van der Waals surface area contributed by atoms with Crippen LogP contribution in [0.3, 0.4) is 0 Å². The fraction of sp³-hybridized carbons (Fsp3) is 0.286. The monoisotopic (exact) mass is 283 g/mol. The minimum atomic E-state index is -4.30. The van der Waals surface area contributed by atoms with E-state index in [9.17, 15) is 18.3 Å². The molecule has 0 amide bonds. The first-order valence-corrected chi connectivity index (χ1v) is 6.17. The van der Waals surface area contributed by atoms with Crippen LogP contribution in [-0.2, 0) is 0 Å². The Morgan fingerprint density at radius 1 is 1.30 bits per heavy atom. The highest BCUT2D eigenvalue weighted by molar-refractivity contribution is 5.64. The Kier molecular flexibility index (Phi) is 2.88. The van der Waals surface area contributed by atoms with E-state index in [4.69, 9.17) is 4.74 Å². The van der Waals surface area contributed by atoms with Crippen molar-refractivity contribution in [3.8, 4) is 11.5 Å². The van der Waals surface area contributed by atoms with Crippen molar-refractivity contribution in [2.45, 2.75) is 25.2 Å². The first-order valence-electron chi connectivity index (χ1n) is 6.17. The zero-order valence-electron chi connectivity index (χ0n) is 10.4. The maximum atomic E-state index is 12.7. The second-order valence-corrected chi connectivity index (χ2v) is 4.73. The second-order valence-electron chi connectivity index (χ2n) is 4.73. The topological polar surface area (TPSA) is 41.5 Å². The van der Waals surface area contributed by atoms with Gasteiger partial charge in [-0.15, -0.1) is 0 Å². The summed E-state index contributed by atoms with van der Waals surface area (Å²) in [5.41, 5.74) is 0.488. The van der Waals surface area contributed by atoms with Crippen LogP contribution in [0.5, 0.6) is 11.5 Å². The van der Waals surface area contributed by atoms with Crippen LogP contribution in [0.25, 0.3) is 0 Å². The molecule has 6 heteroatoms. The molecule has 106 valence electrons. The Hall–Kier alpha value is -2.11. The van der Waals surface area contributed by atoms with E-state index in [1.807, 2.05) is 0 Å². The van der Waals surface area contributed by atoms with Crippen LogP contribution in [-0.4, -0.2) is 17.5 Å². The number of benzene rings is 1. The zero-order valence-corrected chi connectivity index (χ0v) is 10.4. The van der Waals surface area contributed by atoms with Crippen LogP contribution in [0.2, 0.25) is 0 Å². The first kappa shape index (κ1) is 12.9. The van der Waals surface area contributed by atoms with Gasteiger partial charge in [-0.2, -0.15) is 13.2 Å². The van der Waals surface area contributed by atoms with Crippen molar-refractivity contribution in [1.82, 2.24) is 0 Å². The lowest BCUT2D eigenvalue weighted by atomic mass is 9.98. The summed E-state index contributed by atoms with van der Waals surface area (Å²) in [6, 6.07) is 4.53. The Morgan fingerprint density at radius 3 is 2.85 bits per heavy atom. The van der Waals surface area contributed by atoms with Gasteiger partial charge in [0, 0.05) is 17.2 Å². The van der Waals surface area contributed by atoms with Gasteiger partial charge < -0.3 is 15.2 Å². The fourth-order valence-electron chi connectivity index (χ4n) is 2.32. The summed E-state index contributed by atoms with van der Waals surface area (Å²) in [6.45, 7) is 0. The average Bonchev–Trinajstić information content (AvgIpc) is 2.81. The normalized spacial score (nSPS) is 21.4. The molecule has 3 nitrogen and oxygen atoms in total. The predicted octanol–water partition coefficient (Wildman–Crippen LogP) is 3.73. The van der Waals surface area contributed by atoms with Gasteiger partial charge in [0.1, 0.15) is 11.5 Å². The van der Waals surface area contributed by atoms with Gasteiger partial charge in [-0.1, -0.05) is 6.08 Å². The molecule has 1 aliphatic carbocycles. The number of allylic oxidation sites excluding steroid dienone is 2. The molecule has 1 aromatic carbocycles. The molecular weight excluding hydrogens is 271 g/mol. The van der Waals surface area contributed by atoms with E-state index < -0.39 is 18.0 Å². The maximum Gasteiger partial charge on any atom is 0.412 e. The molecule has 1 heterocycles. The SMILES string of the molecule is Oc1ccc2c(c1)NC(C1=CCCC(C(F)(F)F)=C1)O2. The summed E-state index contributed by atoms with van der Waals surface area (Å²) in [5, 5.41) is 12.3. The average molecular weight is 283 g/mol. The van der Waals surface area contributed by atoms with E-state index in [1.165, 1.54) is 12.1 Å². The minimum Gasteiger partial charge on any atom is -0.508 e. The van der Waals surface area contributed by atoms with Gasteiger partial charge in [-0.25, -0.2) is 0 Å². The second kappa shape index (κ2) is 4.47. The summed E-state index contributed by atoms with van der Waals surface area (Å²) >= 11 is 0. The molecule has 1 aromatic rings. The number of ether oxygens (including phenoxy) is 1. The number of rotatable bonds is 1. The van der Waals surface area contributed by atoms with Gasteiger partial charge in [0.25, 0.3) is 0 Å². The van der Waals surface area contributed by atoms with Crippen LogP contribution in [0, 0.1) is 0 Å². The van der Waals surface area contributed by atoms with Crippen molar-refractivity contribution in [3.63, 3.8) is 0 Å². The van der Waals surface area contributed by atoms with Crippen LogP contribution >= 0.6 is 0 Å². The van der Waals surface area contributed by atoms with Crippen LogP contribution in [0.4, 0.5) is 18.9 Å². The van der Waals surface area contributed by atoms with E-state index in [0.717, 1.165) is 6.08 Å². The smallest absolute Gasteiger partial charge is 0.412 e. The standard InChI is InChI=1S/C14H12F3NO2/c15-14(16,17)9-3-1-2-8(6-9)13-18-11-7-10(19)4-5-12(11)20-13/h2,4-7,13,18-19H,1,3H2. The van der Waals surface area contributed by atoms with E-state index in [1.54, 1.807) is 12.1 Å². The third kappa shape index (κ3) is 2.33. The molecular formula is C14H12F3NO2. The van der Waals surface area contributed by atoms with Crippen LogP contribution < -0.4 is 10.1 Å². The first-order chi connectivity index (χ1) is 9.43. The molecule has 3 rings (SSSR count). The molecule has 0 saturated carbocycles. The van der Waals surface area contributed by atoms with Gasteiger partial charge in [0.2, 0.25) is 0 Å². The van der Waals surface area contributed by atoms with Crippen molar-refractivity contribution < 1.29 is 23.0 Å². The van der Waals surface area contributed by atoms with Gasteiger partial charge in [-0.3, -0.25) is 0 Å². The molecule has 20 heavy (non-hydrogen) atoms. The number of hydrogen-bond donors (Lipinski definition) is 2. The Labute approximate surface area is 113 Å². The Bertz CT molecular complexity index is 605. The third-order valence-electron chi connectivity index (χ3n) is 3.30. The molecule has 2 aliphatic rings. The predicted molar refractivity (Wildman–Crippen MR) is 67.6 cm³/mol. The molecule has 2 N–H and O–H groups in total. The molecule has 0 saturated heterocycles. The number of aromatic hydroxyl groups is 1. The van der Waals surface area contributed by atoms with E-state index >= 15 is 0 Å². The van der Waals surface area contributed by atoms with E-state index in [-0.39, 0.29) is 12.2 Å². The third-order valence-corrected chi connectivity index (χ3v) is 3.30. The molecule has 0 spiro atoms. The number of hydrogen-bond acceptors (Lipinski definition) is 3. The van der Waals surface area contributed by atoms with Crippen LogP contribution in [0.1, 0.15) is 12.8 Å². The molecule has 1 unspecified atom stereocenters. The number of halogens is 3. The van der Waals surface area contributed by atoms with Crippen LogP contribution in [0.15, 0.2) is 41.5 Å². The van der Waals surface area contributed by atoms with Gasteiger partial charge in [0.05, 0.1) is 5.69 Å². The minimum absolute atomic E-state index is 0.00649.